The third-order valence-electron chi connectivity index (χ3n) is 2.04. The largest absolute Gasteiger partial charge is 0.340 e. The molecule has 3 nitrogen and oxygen atoms in total. The molecule has 1 amide bonds. The van der Waals surface area contributed by atoms with Gasteiger partial charge in [-0.25, -0.2) is 0 Å². The predicted octanol–water partition coefficient (Wildman–Crippen LogP) is 1.45. The maximum atomic E-state index is 11.4. The Hall–Kier alpha value is -1.04. The second-order valence-electron chi connectivity index (χ2n) is 3.56. The van der Waals surface area contributed by atoms with Crippen molar-refractivity contribution in [3.63, 3.8) is 0 Å². The molecule has 0 rings (SSSR count). The molecule has 3 heteroatoms. The summed E-state index contributed by atoms with van der Waals surface area (Å²) in [5, 5.41) is 11.1. The molecule has 68 valence electrons. The average Bonchev–Trinajstić information content (AvgIpc) is 2.04. The van der Waals surface area contributed by atoms with Gasteiger partial charge < -0.3 is 5.32 Å². The summed E-state index contributed by atoms with van der Waals surface area (Å²) in [6.45, 7) is 7.36. The Labute approximate surface area is 73.8 Å². The van der Waals surface area contributed by atoms with Crippen LogP contribution in [-0.2, 0) is 4.79 Å². The number of carbonyl (C=O) groups is 1. The zero-order chi connectivity index (χ0) is 9.78. The van der Waals surface area contributed by atoms with Gasteiger partial charge in [0.15, 0.2) is 0 Å². The van der Waals surface area contributed by atoms with Crippen molar-refractivity contribution >= 4 is 5.91 Å². The molecule has 0 aromatic carbocycles. The fourth-order valence-electron chi connectivity index (χ4n) is 0.585. The Kier molecular flexibility index (Phi) is 3.75. The molecule has 0 aliphatic rings. The second-order valence-corrected chi connectivity index (χ2v) is 3.56. The highest BCUT2D eigenvalue weighted by Gasteiger charge is 2.25. The van der Waals surface area contributed by atoms with Crippen molar-refractivity contribution in [1.29, 1.82) is 5.26 Å². The third-order valence-corrected chi connectivity index (χ3v) is 2.04. The number of nitrogens with one attached hydrogen (secondary N) is 1. The molecule has 0 saturated carbocycles. The number of amides is 1. The van der Waals surface area contributed by atoms with Crippen LogP contribution in [0.3, 0.4) is 0 Å². The van der Waals surface area contributed by atoms with E-state index in [0.29, 0.717) is 0 Å². The van der Waals surface area contributed by atoms with Gasteiger partial charge in [-0.15, -0.1) is 0 Å². The van der Waals surface area contributed by atoms with Crippen molar-refractivity contribution in [3.05, 3.63) is 0 Å². The first-order chi connectivity index (χ1) is 5.44. The molecule has 0 fully saturated rings. The van der Waals surface area contributed by atoms with Crippen LogP contribution in [0.15, 0.2) is 0 Å². The fraction of sp³-hybridized carbons (Fsp3) is 0.778. The summed E-state index contributed by atoms with van der Waals surface area (Å²) >= 11 is 0. The SMILES string of the molecule is CCC(C)(C)C(=O)N[C@@H](C)C#N. The summed E-state index contributed by atoms with van der Waals surface area (Å²) in [4.78, 5) is 11.4. The fourth-order valence-corrected chi connectivity index (χ4v) is 0.585. The van der Waals surface area contributed by atoms with Gasteiger partial charge in [0.2, 0.25) is 5.91 Å². The molecule has 0 saturated heterocycles. The Balaban J connectivity index is 4.15. The number of rotatable bonds is 3. The van der Waals surface area contributed by atoms with Crippen LogP contribution >= 0.6 is 0 Å². The van der Waals surface area contributed by atoms with Crippen LogP contribution in [0.2, 0.25) is 0 Å². The first kappa shape index (κ1) is 11.0. The zero-order valence-electron chi connectivity index (χ0n) is 8.14. The van der Waals surface area contributed by atoms with Crippen LogP contribution in [0.5, 0.6) is 0 Å². The molecule has 0 heterocycles. The minimum Gasteiger partial charge on any atom is -0.340 e. The van der Waals surface area contributed by atoms with Crippen LogP contribution < -0.4 is 5.32 Å². The molecule has 0 bridgehead atoms. The van der Waals surface area contributed by atoms with Crippen LogP contribution in [-0.4, -0.2) is 11.9 Å². The van der Waals surface area contributed by atoms with E-state index in [0.717, 1.165) is 6.42 Å². The molecule has 12 heavy (non-hydrogen) atoms. The van der Waals surface area contributed by atoms with Crippen LogP contribution in [0.4, 0.5) is 0 Å². The van der Waals surface area contributed by atoms with Crippen LogP contribution in [0.1, 0.15) is 34.1 Å². The molecule has 0 aliphatic carbocycles. The van der Waals surface area contributed by atoms with Gasteiger partial charge in [-0.05, 0) is 13.3 Å². The normalized spacial score (nSPS) is 13.2. The van der Waals surface area contributed by atoms with Crippen molar-refractivity contribution in [2.24, 2.45) is 5.41 Å². The van der Waals surface area contributed by atoms with Gasteiger partial charge in [-0.2, -0.15) is 5.26 Å². The lowest BCUT2D eigenvalue weighted by molar-refractivity contribution is -0.129. The van der Waals surface area contributed by atoms with E-state index < -0.39 is 6.04 Å². The number of hydrogen-bond acceptors (Lipinski definition) is 2. The second kappa shape index (κ2) is 4.10. The monoisotopic (exact) mass is 168 g/mol. The lowest BCUT2D eigenvalue weighted by atomic mass is 9.89. The van der Waals surface area contributed by atoms with Gasteiger partial charge in [0.05, 0.1) is 6.07 Å². The van der Waals surface area contributed by atoms with Gasteiger partial charge in [0.1, 0.15) is 6.04 Å². The minimum atomic E-state index is -0.400. The number of carbonyl (C=O) groups excluding carboxylic acids is 1. The highest BCUT2D eigenvalue weighted by molar-refractivity contribution is 5.82. The Morgan fingerprint density at radius 3 is 2.50 bits per heavy atom. The topological polar surface area (TPSA) is 52.9 Å². The van der Waals surface area contributed by atoms with Crippen molar-refractivity contribution < 1.29 is 4.79 Å². The summed E-state index contributed by atoms with van der Waals surface area (Å²) in [5.74, 6) is -0.0564. The van der Waals surface area contributed by atoms with E-state index in [4.69, 9.17) is 5.26 Å². The number of nitriles is 1. The quantitative estimate of drug-likeness (QED) is 0.693. The van der Waals surface area contributed by atoms with Gasteiger partial charge in [0.25, 0.3) is 0 Å². The smallest absolute Gasteiger partial charge is 0.226 e. The number of hydrogen-bond donors (Lipinski definition) is 1. The van der Waals surface area contributed by atoms with Gasteiger partial charge >= 0.3 is 0 Å². The van der Waals surface area contributed by atoms with Crippen LogP contribution in [0.25, 0.3) is 0 Å². The molecular formula is C9H16N2O. The molecule has 0 radical (unpaired) electrons. The van der Waals surface area contributed by atoms with Gasteiger partial charge in [-0.1, -0.05) is 20.8 Å². The highest BCUT2D eigenvalue weighted by Crippen LogP contribution is 2.19. The van der Waals surface area contributed by atoms with E-state index in [1.165, 1.54) is 0 Å². The maximum Gasteiger partial charge on any atom is 0.226 e. The molecule has 0 unspecified atom stereocenters. The van der Waals surface area contributed by atoms with E-state index in [-0.39, 0.29) is 11.3 Å². The van der Waals surface area contributed by atoms with E-state index in [2.05, 4.69) is 5.32 Å². The van der Waals surface area contributed by atoms with Crippen molar-refractivity contribution in [1.82, 2.24) is 5.32 Å². The average molecular weight is 168 g/mol. The van der Waals surface area contributed by atoms with E-state index >= 15 is 0 Å². The van der Waals surface area contributed by atoms with Crippen molar-refractivity contribution in [2.75, 3.05) is 0 Å². The summed E-state index contributed by atoms with van der Waals surface area (Å²) < 4.78 is 0. The standard InChI is InChI=1S/C9H16N2O/c1-5-9(3,4)8(12)11-7(2)6-10/h7H,5H2,1-4H3,(H,11,12)/t7-/m0/s1. The molecule has 1 N–H and O–H groups in total. The van der Waals surface area contributed by atoms with Crippen molar-refractivity contribution in [2.45, 2.75) is 40.2 Å². The zero-order valence-corrected chi connectivity index (χ0v) is 8.14. The summed E-state index contributed by atoms with van der Waals surface area (Å²) in [6, 6.07) is 1.56. The lowest BCUT2D eigenvalue weighted by Gasteiger charge is -2.22. The molecule has 0 spiro atoms. The first-order valence-corrected chi connectivity index (χ1v) is 4.14. The minimum absolute atomic E-state index is 0.0564. The maximum absolute atomic E-state index is 11.4. The van der Waals surface area contributed by atoms with E-state index in [1.54, 1.807) is 6.92 Å². The summed E-state index contributed by atoms with van der Waals surface area (Å²) in [5.41, 5.74) is -0.370. The summed E-state index contributed by atoms with van der Waals surface area (Å²) in [6.07, 6.45) is 0.775. The Morgan fingerprint density at radius 2 is 2.17 bits per heavy atom. The van der Waals surface area contributed by atoms with Gasteiger partial charge in [-0.3, -0.25) is 4.79 Å². The highest BCUT2D eigenvalue weighted by atomic mass is 16.2. The van der Waals surface area contributed by atoms with Crippen LogP contribution in [0, 0.1) is 16.7 Å². The molecule has 0 aromatic rings. The van der Waals surface area contributed by atoms with E-state index in [1.807, 2.05) is 26.8 Å². The third kappa shape index (κ3) is 2.91. The number of nitrogens with zero attached hydrogens (tertiary/aromatic N) is 1. The Morgan fingerprint density at radius 1 is 1.67 bits per heavy atom. The Bertz CT molecular complexity index is 203. The van der Waals surface area contributed by atoms with Gasteiger partial charge in [0, 0.05) is 5.41 Å². The molecule has 1 atom stereocenters. The lowest BCUT2D eigenvalue weighted by Crippen LogP contribution is -2.40. The van der Waals surface area contributed by atoms with E-state index in [9.17, 15) is 4.79 Å². The molecular weight excluding hydrogens is 152 g/mol. The molecule has 0 aliphatic heterocycles. The predicted molar refractivity (Wildman–Crippen MR) is 47.3 cm³/mol. The molecule has 0 aromatic heterocycles. The van der Waals surface area contributed by atoms with Crippen molar-refractivity contribution in [3.8, 4) is 6.07 Å². The first-order valence-electron chi connectivity index (χ1n) is 4.14. The summed E-state index contributed by atoms with van der Waals surface area (Å²) in [7, 11) is 0.